The van der Waals surface area contributed by atoms with Gasteiger partial charge in [0.2, 0.25) is 17.7 Å². The molecule has 5 atom stereocenters. The molecule has 15 nitrogen and oxygen atoms in total. The zero-order chi connectivity index (χ0) is 29.3. The van der Waals surface area contributed by atoms with E-state index in [9.17, 15) is 44.1 Å². The molecule has 10 N–H and O–H groups in total. The molecule has 0 saturated heterocycles. The number of carboxylic acids is 3. The highest BCUT2D eigenvalue weighted by Gasteiger charge is 2.32. The van der Waals surface area contributed by atoms with Gasteiger partial charge in [-0.25, -0.2) is 4.79 Å². The number of para-hydroxylation sites is 1. The van der Waals surface area contributed by atoms with Crippen LogP contribution in [0.15, 0.2) is 30.5 Å². The first kappa shape index (κ1) is 30.7. The van der Waals surface area contributed by atoms with Gasteiger partial charge in [-0.05, 0) is 25.0 Å². The maximum Gasteiger partial charge on any atom is 0.326 e. The van der Waals surface area contributed by atoms with Gasteiger partial charge < -0.3 is 47.1 Å². The molecule has 3 amide bonds. The van der Waals surface area contributed by atoms with Gasteiger partial charge in [0.1, 0.15) is 24.2 Å². The van der Waals surface area contributed by atoms with Gasteiger partial charge >= 0.3 is 17.9 Å². The third kappa shape index (κ3) is 9.08. The Balaban J connectivity index is 2.34. The molecule has 0 fully saturated rings. The number of hydrogen-bond acceptors (Lipinski definition) is 8. The van der Waals surface area contributed by atoms with Crippen LogP contribution in [0.5, 0.6) is 0 Å². The van der Waals surface area contributed by atoms with Crippen molar-refractivity contribution in [1.29, 1.82) is 0 Å². The lowest BCUT2D eigenvalue weighted by atomic mass is 10.0. The fourth-order valence-electron chi connectivity index (χ4n) is 3.67. The van der Waals surface area contributed by atoms with Crippen molar-refractivity contribution in [2.75, 3.05) is 0 Å². The van der Waals surface area contributed by atoms with Crippen molar-refractivity contribution in [2.45, 2.75) is 62.9 Å². The summed E-state index contributed by atoms with van der Waals surface area (Å²) in [5.41, 5.74) is 6.83. The van der Waals surface area contributed by atoms with Crippen LogP contribution in [-0.2, 0) is 35.2 Å². The number of amides is 3. The van der Waals surface area contributed by atoms with E-state index in [2.05, 4.69) is 20.9 Å². The highest BCUT2D eigenvalue weighted by Crippen LogP contribution is 2.19. The van der Waals surface area contributed by atoms with Crippen LogP contribution in [0.25, 0.3) is 10.9 Å². The third-order valence-electron chi connectivity index (χ3n) is 5.83. The number of aromatic amines is 1. The molecule has 15 heteroatoms. The van der Waals surface area contributed by atoms with E-state index < -0.39 is 85.2 Å². The molecule has 0 aliphatic heterocycles. The first-order valence-electron chi connectivity index (χ1n) is 11.9. The Bertz CT molecular complexity index is 1230. The van der Waals surface area contributed by atoms with Gasteiger partial charge in [0.05, 0.1) is 12.5 Å². The maximum atomic E-state index is 13.2. The molecule has 0 radical (unpaired) electrons. The summed E-state index contributed by atoms with van der Waals surface area (Å²) in [6.07, 6.45) is -1.77. The van der Waals surface area contributed by atoms with Crippen molar-refractivity contribution in [2.24, 2.45) is 5.73 Å². The summed E-state index contributed by atoms with van der Waals surface area (Å²) in [6, 6.07) is 0.815. The number of benzene rings is 1. The first-order valence-corrected chi connectivity index (χ1v) is 11.9. The average molecular weight is 550 g/mol. The van der Waals surface area contributed by atoms with E-state index in [1.807, 2.05) is 0 Å². The molecule has 1 heterocycles. The molecule has 0 aliphatic rings. The lowest BCUT2D eigenvalue weighted by molar-refractivity contribution is -0.144. The Morgan fingerprint density at radius 1 is 0.872 bits per heavy atom. The fourth-order valence-corrected chi connectivity index (χ4v) is 3.67. The van der Waals surface area contributed by atoms with E-state index in [1.165, 1.54) is 6.92 Å². The molecule has 2 aromatic rings. The van der Waals surface area contributed by atoms with Crippen LogP contribution in [0.4, 0.5) is 0 Å². The summed E-state index contributed by atoms with van der Waals surface area (Å²) < 4.78 is 0. The van der Waals surface area contributed by atoms with Gasteiger partial charge in [0.25, 0.3) is 0 Å². The lowest BCUT2D eigenvalue weighted by Crippen LogP contribution is -2.58. The number of nitrogens with two attached hydrogens (primary N) is 1. The van der Waals surface area contributed by atoms with Gasteiger partial charge in [-0.1, -0.05) is 18.2 Å². The number of hydrogen-bond donors (Lipinski definition) is 9. The molecular weight excluding hydrogens is 518 g/mol. The minimum atomic E-state index is -1.69. The smallest absolute Gasteiger partial charge is 0.326 e. The summed E-state index contributed by atoms with van der Waals surface area (Å²) in [5.74, 6) is -7.30. The molecule has 0 saturated carbocycles. The average Bonchev–Trinajstić information content (AvgIpc) is 3.27. The lowest BCUT2D eigenvalue weighted by Gasteiger charge is -2.25. The van der Waals surface area contributed by atoms with Crippen LogP contribution < -0.4 is 21.7 Å². The maximum absolute atomic E-state index is 13.2. The van der Waals surface area contributed by atoms with Crippen LogP contribution in [0.2, 0.25) is 0 Å². The summed E-state index contributed by atoms with van der Waals surface area (Å²) in [7, 11) is 0. The van der Waals surface area contributed by atoms with Crippen LogP contribution in [0.3, 0.4) is 0 Å². The zero-order valence-corrected chi connectivity index (χ0v) is 20.9. The summed E-state index contributed by atoms with van der Waals surface area (Å²) in [4.78, 5) is 75.4. The number of nitrogens with one attached hydrogen (secondary N) is 4. The number of aliphatic hydroxyl groups is 1. The number of rotatable bonds is 15. The Morgan fingerprint density at radius 2 is 1.46 bits per heavy atom. The SMILES string of the molecule is CC(O)C(N)C(=O)NC(CC(=O)O)C(=O)NC(Cc1c[nH]c2ccccc12)C(=O)NC(CCC(=O)O)C(=O)O. The first-order chi connectivity index (χ1) is 18.3. The van der Waals surface area contributed by atoms with Crippen molar-refractivity contribution in [3.05, 3.63) is 36.0 Å². The number of H-pyrrole nitrogens is 1. The number of aromatic nitrogens is 1. The van der Waals surface area contributed by atoms with Gasteiger partial charge in [0, 0.05) is 29.9 Å². The topological polar surface area (TPSA) is 261 Å². The Kier molecular flexibility index (Phi) is 10.9. The molecule has 0 bridgehead atoms. The van der Waals surface area contributed by atoms with Crippen LogP contribution in [0, 0.1) is 0 Å². The van der Waals surface area contributed by atoms with Gasteiger partial charge in [0.15, 0.2) is 0 Å². The second-order valence-electron chi connectivity index (χ2n) is 8.88. The van der Waals surface area contributed by atoms with Crippen molar-refractivity contribution in [3.8, 4) is 0 Å². The summed E-state index contributed by atoms with van der Waals surface area (Å²) >= 11 is 0. The molecule has 212 valence electrons. The number of fused-ring (bicyclic) bond motifs is 1. The van der Waals surface area contributed by atoms with E-state index in [0.717, 1.165) is 0 Å². The molecule has 1 aromatic heterocycles. The van der Waals surface area contributed by atoms with Crippen molar-refractivity contribution < 1.29 is 49.2 Å². The molecule has 2 rings (SSSR count). The number of carboxylic acid groups (broad SMARTS) is 3. The number of carbonyl (C=O) groups excluding carboxylic acids is 3. The van der Waals surface area contributed by atoms with Crippen molar-refractivity contribution in [1.82, 2.24) is 20.9 Å². The standard InChI is InChI=1S/C24H31N5O10/c1-11(30)20(25)23(37)29-17(9-19(33)34)22(36)28-16(8-12-10-26-14-5-3-2-4-13(12)14)21(35)27-15(24(38)39)6-7-18(31)32/h2-5,10-11,15-17,20,26,30H,6-9,25H2,1H3,(H,27,35)(H,28,36)(H,29,37)(H,31,32)(H,33,34)(H,38,39). The van der Waals surface area contributed by atoms with Gasteiger partial charge in [-0.3, -0.25) is 24.0 Å². The summed E-state index contributed by atoms with van der Waals surface area (Å²) in [6.45, 7) is 1.22. The minimum Gasteiger partial charge on any atom is -0.481 e. The highest BCUT2D eigenvalue weighted by molar-refractivity contribution is 5.96. The van der Waals surface area contributed by atoms with E-state index in [-0.39, 0.29) is 6.42 Å². The summed E-state index contributed by atoms with van der Waals surface area (Å²) in [5, 5.41) is 44.5. The number of aliphatic carboxylic acids is 3. The van der Waals surface area contributed by atoms with Gasteiger partial charge in [-0.15, -0.1) is 0 Å². The molecule has 1 aromatic carbocycles. The molecular formula is C24H31N5O10. The van der Waals surface area contributed by atoms with E-state index in [1.54, 1.807) is 30.5 Å². The van der Waals surface area contributed by atoms with Crippen molar-refractivity contribution in [3.63, 3.8) is 0 Å². The largest absolute Gasteiger partial charge is 0.481 e. The predicted octanol–water partition coefficient (Wildman–Crippen LogP) is -1.70. The molecule has 0 spiro atoms. The van der Waals surface area contributed by atoms with E-state index >= 15 is 0 Å². The highest BCUT2D eigenvalue weighted by atomic mass is 16.4. The van der Waals surface area contributed by atoms with Crippen LogP contribution >= 0.6 is 0 Å². The molecule has 39 heavy (non-hydrogen) atoms. The van der Waals surface area contributed by atoms with Crippen LogP contribution in [-0.4, -0.2) is 91.3 Å². The van der Waals surface area contributed by atoms with E-state index in [4.69, 9.17) is 10.8 Å². The van der Waals surface area contributed by atoms with Crippen molar-refractivity contribution >= 4 is 46.5 Å². The Morgan fingerprint density at radius 3 is 2.05 bits per heavy atom. The second-order valence-corrected chi connectivity index (χ2v) is 8.88. The number of carbonyl (C=O) groups is 6. The Hall–Kier alpha value is -4.50. The zero-order valence-electron chi connectivity index (χ0n) is 20.9. The molecule has 0 aliphatic carbocycles. The van der Waals surface area contributed by atoms with Crippen LogP contribution in [0.1, 0.15) is 31.7 Å². The Labute approximate surface area is 221 Å². The molecule has 5 unspecified atom stereocenters. The van der Waals surface area contributed by atoms with E-state index in [0.29, 0.717) is 16.5 Å². The fraction of sp³-hybridized carbons (Fsp3) is 0.417. The second kappa shape index (κ2) is 13.9. The minimum absolute atomic E-state index is 0.173. The monoisotopic (exact) mass is 549 g/mol. The van der Waals surface area contributed by atoms with Gasteiger partial charge in [-0.2, -0.15) is 0 Å². The third-order valence-corrected chi connectivity index (χ3v) is 5.83. The quantitative estimate of drug-likeness (QED) is 0.121. The predicted molar refractivity (Wildman–Crippen MR) is 134 cm³/mol. The normalized spacial score (nSPS) is 14.8. The number of aliphatic hydroxyl groups excluding tert-OH is 1.